The van der Waals surface area contributed by atoms with Crippen molar-refractivity contribution in [3.63, 3.8) is 0 Å². The van der Waals surface area contributed by atoms with Crippen molar-refractivity contribution in [2.24, 2.45) is 4.99 Å². The van der Waals surface area contributed by atoms with E-state index in [1.807, 2.05) is 7.05 Å². The standard InChI is InChI=1S/C19H33N5.HI/c1-20-19(22-13-17-24-15-7-4-8-16-24)21-12-9-14-23(2)18-10-5-3-6-11-18;/h3,5-6,10-11H,4,7-9,12-17H2,1-2H3,(H2,20,21,22);1H. The fourth-order valence-electron chi connectivity index (χ4n) is 3.07. The van der Waals surface area contributed by atoms with E-state index in [9.17, 15) is 0 Å². The minimum absolute atomic E-state index is 0. The Bertz CT molecular complexity index is 474. The average Bonchev–Trinajstić information content (AvgIpc) is 2.65. The van der Waals surface area contributed by atoms with Crippen LogP contribution in [-0.4, -0.2) is 64.2 Å². The molecule has 0 aromatic heterocycles. The molecule has 1 fully saturated rings. The van der Waals surface area contributed by atoms with Crippen LogP contribution in [-0.2, 0) is 0 Å². The van der Waals surface area contributed by atoms with E-state index in [1.165, 1.54) is 38.0 Å². The smallest absolute Gasteiger partial charge is 0.191 e. The van der Waals surface area contributed by atoms with Crippen molar-refractivity contribution in [1.82, 2.24) is 15.5 Å². The van der Waals surface area contributed by atoms with Gasteiger partial charge in [-0.2, -0.15) is 0 Å². The van der Waals surface area contributed by atoms with E-state index in [1.54, 1.807) is 0 Å². The highest BCUT2D eigenvalue weighted by Gasteiger charge is 2.09. The largest absolute Gasteiger partial charge is 0.375 e. The summed E-state index contributed by atoms with van der Waals surface area (Å²) in [4.78, 5) is 9.13. The number of guanidine groups is 1. The molecule has 2 N–H and O–H groups in total. The summed E-state index contributed by atoms with van der Waals surface area (Å²) in [6.07, 6.45) is 5.17. The predicted octanol–water partition coefficient (Wildman–Crippen LogP) is 2.78. The molecule has 0 radical (unpaired) electrons. The van der Waals surface area contributed by atoms with Crippen LogP contribution < -0.4 is 15.5 Å². The van der Waals surface area contributed by atoms with Crippen molar-refractivity contribution in [2.75, 3.05) is 58.3 Å². The Kier molecular flexibility index (Phi) is 11.6. The number of aliphatic imine (C=N–C) groups is 1. The van der Waals surface area contributed by atoms with Crippen LogP contribution in [0, 0.1) is 0 Å². The second-order valence-corrected chi connectivity index (χ2v) is 6.44. The number of halogens is 1. The molecular weight excluding hydrogens is 425 g/mol. The first-order chi connectivity index (χ1) is 11.8. The number of hydrogen-bond acceptors (Lipinski definition) is 3. The van der Waals surface area contributed by atoms with Gasteiger partial charge in [0.2, 0.25) is 0 Å². The molecule has 142 valence electrons. The average molecular weight is 459 g/mol. The molecule has 6 heteroatoms. The number of nitrogens with zero attached hydrogens (tertiary/aromatic N) is 3. The Labute approximate surface area is 170 Å². The summed E-state index contributed by atoms with van der Waals surface area (Å²) >= 11 is 0. The molecule has 0 amide bonds. The lowest BCUT2D eigenvalue weighted by Crippen LogP contribution is -2.43. The Balaban J connectivity index is 0.00000312. The number of likely N-dealkylation sites (tertiary alicyclic amines) is 1. The minimum atomic E-state index is 0. The fourth-order valence-corrected chi connectivity index (χ4v) is 3.07. The van der Waals surface area contributed by atoms with E-state index in [-0.39, 0.29) is 24.0 Å². The van der Waals surface area contributed by atoms with Crippen molar-refractivity contribution < 1.29 is 0 Å². The molecule has 0 atom stereocenters. The lowest BCUT2D eigenvalue weighted by molar-refractivity contribution is 0.232. The number of anilines is 1. The van der Waals surface area contributed by atoms with Crippen molar-refractivity contribution in [2.45, 2.75) is 25.7 Å². The highest BCUT2D eigenvalue weighted by molar-refractivity contribution is 14.0. The van der Waals surface area contributed by atoms with Crippen LogP contribution in [0.3, 0.4) is 0 Å². The number of hydrogen-bond donors (Lipinski definition) is 2. The van der Waals surface area contributed by atoms with E-state index < -0.39 is 0 Å². The zero-order valence-corrected chi connectivity index (χ0v) is 18.0. The monoisotopic (exact) mass is 459 g/mol. The van der Waals surface area contributed by atoms with Crippen LogP contribution in [0.1, 0.15) is 25.7 Å². The number of rotatable bonds is 8. The third kappa shape index (κ3) is 8.76. The van der Waals surface area contributed by atoms with Crippen molar-refractivity contribution >= 4 is 35.6 Å². The summed E-state index contributed by atoms with van der Waals surface area (Å²) < 4.78 is 0. The zero-order valence-electron chi connectivity index (χ0n) is 15.7. The maximum atomic E-state index is 4.31. The second-order valence-electron chi connectivity index (χ2n) is 6.44. The third-order valence-electron chi connectivity index (χ3n) is 4.55. The van der Waals surface area contributed by atoms with Gasteiger partial charge in [-0.05, 0) is 44.5 Å². The highest BCUT2D eigenvalue weighted by atomic mass is 127. The molecule has 0 unspecified atom stereocenters. The van der Waals surface area contributed by atoms with Gasteiger partial charge >= 0.3 is 0 Å². The van der Waals surface area contributed by atoms with Gasteiger partial charge in [-0.15, -0.1) is 24.0 Å². The van der Waals surface area contributed by atoms with Crippen LogP contribution in [0.2, 0.25) is 0 Å². The van der Waals surface area contributed by atoms with Gasteiger partial charge in [0, 0.05) is 46.0 Å². The van der Waals surface area contributed by atoms with Crippen molar-refractivity contribution in [3.8, 4) is 0 Å². The molecule has 0 aliphatic carbocycles. The fraction of sp³-hybridized carbons (Fsp3) is 0.632. The quantitative estimate of drug-likeness (QED) is 0.272. The van der Waals surface area contributed by atoms with Crippen molar-refractivity contribution in [3.05, 3.63) is 30.3 Å². The van der Waals surface area contributed by atoms with Crippen LogP contribution in [0.4, 0.5) is 5.69 Å². The summed E-state index contributed by atoms with van der Waals surface area (Å²) in [7, 11) is 3.98. The van der Waals surface area contributed by atoms with E-state index in [0.29, 0.717) is 0 Å². The van der Waals surface area contributed by atoms with Crippen molar-refractivity contribution in [1.29, 1.82) is 0 Å². The molecule has 1 heterocycles. The Morgan fingerprint density at radius 2 is 1.76 bits per heavy atom. The molecule has 25 heavy (non-hydrogen) atoms. The third-order valence-corrected chi connectivity index (χ3v) is 4.55. The maximum absolute atomic E-state index is 4.31. The van der Waals surface area contributed by atoms with E-state index in [2.05, 4.69) is 62.8 Å². The first kappa shape index (κ1) is 22.0. The summed E-state index contributed by atoms with van der Waals surface area (Å²) in [5.41, 5.74) is 1.27. The lowest BCUT2D eigenvalue weighted by Gasteiger charge is -2.26. The molecule has 1 aliphatic rings. The van der Waals surface area contributed by atoms with Gasteiger partial charge < -0.3 is 20.4 Å². The van der Waals surface area contributed by atoms with Crippen LogP contribution in [0.15, 0.2) is 35.3 Å². The van der Waals surface area contributed by atoms with Gasteiger partial charge in [-0.25, -0.2) is 0 Å². The van der Waals surface area contributed by atoms with Crippen LogP contribution in [0.25, 0.3) is 0 Å². The van der Waals surface area contributed by atoms with Gasteiger partial charge in [-0.3, -0.25) is 4.99 Å². The minimum Gasteiger partial charge on any atom is -0.375 e. The number of piperidine rings is 1. The van der Waals surface area contributed by atoms with Gasteiger partial charge in [-0.1, -0.05) is 24.6 Å². The Morgan fingerprint density at radius 1 is 1.08 bits per heavy atom. The Morgan fingerprint density at radius 3 is 2.44 bits per heavy atom. The van der Waals surface area contributed by atoms with E-state index >= 15 is 0 Å². The van der Waals surface area contributed by atoms with E-state index in [4.69, 9.17) is 0 Å². The summed E-state index contributed by atoms with van der Waals surface area (Å²) in [5.74, 6) is 0.911. The van der Waals surface area contributed by atoms with Crippen LogP contribution >= 0.6 is 24.0 Å². The summed E-state index contributed by atoms with van der Waals surface area (Å²) in [5, 5.41) is 6.83. The van der Waals surface area contributed by atoms with Crippen LogP contribution in [0.5, 0.6) is 0 Å². The topological polar surface area (TPSA) is 42.9 Å². The molecule has 5 nitrogen and oxygen atoms in total. The van der Waals surface area contributed by atoms with Gasteiger partial charge in [0.15, 0.2) is 5.96 Å². The predicted molar refractivity (Wildman–Crippen MR) is 119 cm³/mol. The first-order valence-corrected chi connectivity index (χ1v) is 9.22. The first-order valence-electron chi connectivity index (χ1n) is 9.22. The normalized spacial score (nSPS) is 15.4. The summed E-state index contributed by atoms with van der Waals surface area (Å²) in [6.45, 7) is 6.53. The van der Waals surface area contributed by atoms with Gasteiger partial charge in [0.25, 0.3) is 0 Å². The molecule has 1 aliphatic heterocycles. The second kappa shape index (κ2) is 13.2. The van der Waals surface area contributed by atoms with Gasteiger partial charge in [0.1, 0.15) is 0 Å². The zero-order chi connectivity index (χ0) is 17.0. The molecule has 0 spiro atoms. The SMILES string of the molecule is CN=C(NCCCN(C)c1ccccc1)NCCN1CCCCC1.I. The highest BCUT2D eigenvalue weighted by Crippen LogP contribution is 2.10. The lowest BCUT2D eigenvalue weighted by atomic mass is 10.1. The molecule has 1 aromatic rings. The molecule has 2 rings (SSSR count). The molecule has 1 saturated heterocycles. The molecule has 0 saturated carbocycles. The number of nitrogens with one attached hydrogen (secondary N) is 2. The number of benzene rings is 1. The molecule has 0 bridgehead atoms. The Hall–Kier alpha value is -1.02. The maximum Gasteiger partial charge on any atom is 0.191 e. The summed E-state index contributed by atoms with van der Waals surface area (Å²) in [6, 6.07) is 10.5. The molecule has 1 aromatic carbocycles. The number of para-hydroxylation sites is 1. The molecular formula is C19H34IN5. The van der Waals surface area contributed by atoms with E-state index in [0.717, 1.165) is 38.6 Å². The van der Waals surface area contributed by atoms with Gasteiger partial charge in [0.05, 0.1) is 0 Å².